The number of hydrogen-bond donors (Lipinski definition) is 1. The van der Waals surface area contributed by atoms with Gasteiger partial charge in [0, 0.05) is 17.4 Å². The van der Waals surface area contributed by atoms with Crippen molar-refractivity contribution in [2.24, 2.45) is 0 Å². The van der Waals surface area contributed by atoms with E-state index in [1.54, 1.807) is 6.92 Å². The minimum Gasteiger partial charge on any atom is -0.493 e. The second-order valence-corrected chi connectivity index (χ2v) is 7.46. The van der Waals surface area contributed by atoms with Crippen molar-refractivity contribution >= 4 is 9.84 Å². The molecule has 0 amide bonds. The lowest BCUT2D eigenvalue weighted by Gasteiger charge is -2.17. The van der Waals surface area contributed by atoms with Crippen molar-refractivity contribution in [2.75, 3.05) is 25.2 Å². The molecule has 0 aliphatic heterocycles. The summed E-state index contributed by atoms with van der Waals surface area (Å²) in [6, 6.07) is 6.25. The fourth-order valence-corrected chi connectivity index (χ4v) is 2.74. The smallest absolute Gasteiger partial charge is 0.150 e. The molecule has 1 N–H and O–H groups in total. The summed E-state index contributed by atoms with van der Waals surface area (Å²) >= 11 is 0. The summed E-state index contributed by atoms with van der Waals surface area (Å²) in [4.78, 5) is 0. The first-order valence-corrected chi connectivity index (χ1v) is 8.82. The lowest BCUT2D eigenvalue weighted by atomic mass is 10.0. The SMILES string of the molecule is CCS(=O)(=O)CCCOc1ccc(C)cc1C(C)NC. The highest BCUT2D eigenvalue weighted by Gasteiger charge is 2.11. The molecule has 1 unspecified atom stereocenters. The molecule has 0 saturated carbocycles. The molecular weight excluding hydrogens is 274 g/mol. The van der Waals surface area contributed by atoms with Gasteiger partial charge in [-0.25, -0.2) is 8.42 Å². The van der Waals surface area contributed by atoms with Gasteiger partial charge in [-0.3, -0.25) is 0 Å². The molecule has 1 aromatic carbocycles. The van der Waals surface area contributed by atoms with E-state index >= 15 is 0 Å². The first kappa shape index (κ1) is 17.0. The lowest BCUT2D eigenvalue weighted by Crippen LogP contribution is -2.15. The molecule has 1 aromatic rings. The summed E-state index contributed by atoms with van der Waals surface area (Å²) in [5.41, 5.74) is 2.29. The fraction of sp³-hybridized carbons (Fsp3) is 0.600. The van der Waals surface area contributed by atoms with Crippen LogP contribution in [0.1, 0.15) is 37.4 Å². The van der Waals surface area contributed by atoms with E-state index in [1.807, 2.05) is 26.1 Å². The Bertz CT molecular complexity index is 526. The van der Waals surface area contributed by atoms with Gasteiger partial charge in [0.2, 0.25) is 0 Å². The molecule has 1 rings (SSSR count). The summed E-state index contributed by atoms with van der Waals surface area (Å²) in [7, 11) is -0.997. The molecule has 0 aromatic heterocycles. The first-order chi connectivity index (χ1) is 9.39. The second kappa shape index (κ2) is 7.64. The number of aryl methyl sites for hydroxylation is 1. The van der Waals surface area contributed by atoms with E-state index in [1.165, 1.54) is 5.56 Å². The largest absolute Gasteiger partial charge is 0.493 e. The number of ether oxygens (including phenoxy) is 1. The highest BCUT2D eigenvalue weighted by Crippen LogP contribution is 2.26. The Hall–Kier alpha value is -1.07. The molecule has 0 aliphatic rings. The minimum atomic E-state index is -2.90. The second-order valence-electron chi connectivity index (χ2n) is 4.99. The Morgan fingerprint density at radius 3 is 2.65 bits per heavy atom. The van der Waals surface area contributed by atoms with Crippen LogP contribution in [0.5, 0.6) is 5.75 Å². The van der Waals surface area contributed by atoms with E-state index < -0.39 is 9.84 Å². The monoisotopic (exact) mass is 299 g/mol. The van der Waals surface area contributed by atoms with Gasteiger partial charge in [-0.05, 0) is 33.4 Å². The molecule has 0 spiro atoms. The summed E-state index contributed by atoms with van der Waals surface area (Å²) in [5.74, 6) is 1.21. The van der Waals surface area contributed by atoms with Gasteiger partial charge in [0.15, 0.2) is 0 Å². The molecule has 0 radical (unpaired) electrons. The van der Waals surface area contributed by atoms with Crippen LogP contribution >= 0.6 is 0 Å². The number of hydrogen-bond acceptors (Lipinski definition) is 4. The topological polar surface area (TPSA) is 55.4 Å². The zero-order chi connectivity index (χ0) is 15.2. The highest BCUT2D eigenvalue weighted by molar-refractivity contribution is 7.91. The number of sulfone groups is 1. The number of nitrogens with one attached hydrogen (secondary N) is 1. The lowest BCUT2D eigenvalue weighted by molar-refractivity contribution is 0.311. The zero-order valence-electron chi connectivity index (χ0n) is 12.8. The predicted octanol–water partition coefficient (Wildman–Crippen LogP) is 2.48. The standard InChI is InChI=1S/C15H25NO3S/c1-5-20(17,18)10-6-9-19-15-8-7-12(2)11-14(15)13(3)16-4/h7-8,11,13,16H,5-6,9-10H2,1-4H3. The van der Waals surface area contributed by atoms with Gasteiger partial charge < -0.3 is 10.1 Å². The van der Waals surface area contributed by atoms with E-state index in [0.29, 0.717) is 13.0 Å². The van der Waals surface area contributed by atoms with Crippen LogP contribution in [0.3, 0.4) is 0 Å². The van der Waals surface area contributed by atoms with E-state index in [2.05, 4.69) is 18.3 Å². The van der Waals surface area contributed by atoms with Gasteiger partial charge in [-0.15, -0.1) is 0 Å². The van der Waals surface area contributed by atoms with Crippen molar-refractivity contribution in [1.29, 1.82) is 0 Å². The summed E-state index contributed by atoms with van der Waals surface area (Å²) in [5, 5.41) is 3.20. The predicted molar refractivity (Wildman–Crippen MR) is 83.1 cm³/mol. The van der Waals surface area contributed by atoms with Gasteiger partial charge in [-0.1, -0.05) is 24.6 Å². The van der Waals surface area contributed by atoms with Crippen molar-refractivity contribution < 1.29 is 13.2 Å². The normalized spacial score (nSPS) is 13.2. The quantitative estimate of drug-likeness (QED) is 0.749. The third-order valence-electron chi connectivity index (χ3n) is 3.36. The highest BCUT2D eigenvalue weighted by atomic mass is 32.2. The van der Waals surface area contributed by atoms with Gasteiger partial charge in [0.1, 0.15) is 15.6 Å². The maximum absolute atomic E-state index is 11.4. The molecule has 1 atom stereocenters. The molecule has 20 heavy (non-hydrogen) atoms. The first-order valence-electron chi connectivity index (χ1n) is 7.00. The Morgan fingerprint density at radius 1 is 1.35 bits per heavy atom. The van der Waals surface area contributed by atoms with Crippen LogP contribution in [0.25, 0.3) is 0 Å². The third kappa shape index (κ3) is 5.13. The summed E-state index contributed by atoms with van der Waals surface area (Å²) in [6.07, 6.45) is 0.525. The average Bonchev–Trinajstić information content (AvgIpc) is 2.44. The minimum absolute atomic E-state index is 0.187. The average molecular weight is 299 g/mol. The Balaban J connectivity index is 2.64. The molecule has 0 heterocycles. The van der Waals surface area contributed by atoms with Crippen LogP contribution < -0.4 is 10.1 Å². The number of rotatable bonds is 8. The molecule has 0 aliphatic carbocycles. The van der Waals surface area contributed by atoms with Crippen LogP contribution in [0.4, 0.5) is 0 Å². The Kier molecular flexibility index (Phi) is 6.49. The van der Waals surface area contributed by atoms with Gasteiger partial charge in [-0.2, -0.15) is 0 Å². The Labute approximate surface area is 122 Å². The van der Waals surface area contributed by atoms with Gasteiger partial charge >= 0.3 is 0 Å². The molecule has 4 nitrogen and oxygen atoms in total. The van der Waals surface area contributed by atoms with Gasteiger partial charge in [0.05, 0.1) is 12.4 Å². The van der Waals surface area contributed by atoms with E-state index in [4.69, 9.17) is 4.74 Å². The molecule has 5 heteroatoms. The van der Waals surface area contributed by atoms with Crippen LogP contribution in [0.2, 0.25) is 0 Å². The zero-order valence-corrected chi connectivity index (χ0v) is 13.6. The maximum Gasteiger partial charge on any atom is 0.150 e. The summed E-state index contributed by atoms with van der Waals surface area (Å²) in [6.45, 7) is 6.21. The van der Waals surface area contributed by atoms with Crippen LogP contribution in [0, 0.1) is 6.92 Å². The third-order valence-corrected chi connectivity index (χ3v) is 5.15. The van der Waals surface area contributed by atoms with Crippen molar-refractivity contribution in [3.8, 4) is 5.75 Å². The van der Waals surface area contributed by atoms with E-state index in [0.717, 1.165) is 11.3 Å². The summed E-state index contributed by atoms with van der Waals surface area (Å²) < 4.78 is 28.6. The van der Waals surface area contributed by atoms with Crippen LogP contribution in [-0.2, 0) is 9.84 Å². The Morgan fingerprint density at radius 2 is 2.05 bits per heavy atom. The van der Waals surface area contributed by atoms with Crippen molar-refractivity contribution in [1.82, 2.24) is 5.32 Å². The van der Waals surface area contributed by atoms with Crippen LogP contribution in [-0.4, -0.2) is 33.6 Å². The molecule has 0 bridgehead atoms. The fourth-order valence-electron chi connectivity index (χ4n) is 1.90. The van der Waals surface area contributed by atoms with E-state index in [-0.39, 0.29) is 17.5 Å². The van der Waals surface area contributed by atoms with Crippen molar-refractivity contribution in [3.05, 3.63) is 29.3 Å². The van der Waals surface area contributed by atoms with Gasteiger partial charge in [0.25, 0.3) is 0 Å². The number of benzene rings is 1. The van der Waals surface area contributed by atoms with Crippen LogP contribution in [0.15, 0.2) is 18.2 Å². The van der Waals surface area contributed by atoms with E-state index in [9.17, 15) is 8.42 Å². The van der Waals surface area contributed by atoms with Crippen molar-refractivity contribution in [2.45, 2.75) is 33.2 Å². The molecule has 0 saturated heterocycles. The maximum atomic E-state index is 11.4. The van der Waals surface area contributed by atoms with Crippen molar-refractivity contribution in [3.63, 3.8) is 0 Å². The molecular formula is C15H25NO3S. The molecule has 0 fully saturated rings. The molecule has 114 valence electrons.